The van der Waals surface area contributed by atoms with E-state index >= 15 is 0 Å². The molecule has 1 aromatic rings. The molecular weight excluding hydrogens is 228 g/mol. The zero-order valence-electron chi connectivity index (χ0n) is 11.4. The van der Waals surface area contributed by atoms with Gasteiger partial charge in [0.1, 0.15) is 5.76 Å². The van der Waals surface area contributed by atoms with Gasteiger partial charge in [0.2, 0.25) is 0 Å². The Kier molecular flexibility index (Phi) is 5.23. The Morgan fingerprint density at radius 3 is 3.22 bits per heavy atom. The maximum absolute atomic E-state index is 5.60. The van der Waals surface area contributed by atoms with Gasteiger partial charge in [-0.05, 0) is 38.4 Å². The van der Waals surface area contributed by atoms with Gasteiger partial charge in [0.25, 0.3) is 0 Å². The van der Waals surface area contributed by atoms with E-state index in [2.05, 4.69) is 16.3 Å². The molecule has 1 aromatic heterocycles. The molecule has 1 aliphatic rings. The first-order valence-corrected chi connectivity index (χ1v) is 6.74. The minimum Gasteiger partial charge on any atom is -0.468 e. The van der Waals surface area contributed by atoms with Crippen LogP contribution in [0, 0.1) is 5.92 Å². The molecule has 102 valence electrons. The summed E-state index contributed by atoms with van der Waals surface area (Å²) in [5.41, 5.74) is 1.22. The molecule has 0 spiro atoms. The minimum absolute atomic E-state index is 0.676. The predicted molar refractivity (Wildman–Crippen MR) is 71.3 cm³/mol. The third kappa shape index (κ3) is 3.83. The molecule has 0 aliphatic carbocycles. The number of likely N-dealkylation sites (tertiary alicyclic amines) is 1. The number of rotatable bonds is 6. The number of methoxy groups -OCH3 is 1. The number of furan rings is 1. The van der Waals surface area contributed by atoms with Crippen LogP contribution < -0.4 is 5.32 Å². The molecule has 1 N–H and O–H groups in total. The van der Waals surface area contributed by atoms with Crippen LogP contribution in [0.25, 0.3) is 0 Å². The van der Waals surface area contributed by atoms with Gasteiger partial charge in [-0.2, -0.15) is 0 Å². The summed E-state index contributed by atoms with van der Waals surface area (Å²) in [6, 6.07) is 2.15. The maximum atomic E-state index is 5.60. The van der Waals surface area contributed by atoms with E-state index in [0.717, 1.165) is 32.0 Å². The van der Waals surface area contributed by atoms with Crippen molar-refractivity contribution in [3.63, 3.8) is 0 Å². The summed E-state index contributed by atoms with van der Waals surface area (Å²) in [5.74, 6) is 1.74. The summed E-state index contributed by atoms with van der Waals surface area (Å²) in [7, 11) is 3.74. The van der Waals surface area contributed by atoms with Crippen LogP contribution in [-0.2, 0) is 17.8 Å². The molecule has 18 heavy (non-hydrogen) atoms. The van der Waals surface area contributed by atoms with Crippen molar-refractivity contribution in [2.75, 3.05) is 33.9 Å². The van der Waals surface area contributed by atoms with Crippen molar-refractivity contribution in [1.29, 1.82) is 0 Å². The van der Waals surface area contributed by atoms with Crippen LogP contribution in [0.3, 0.4) is 0 Å². The lowest BCUT2D eigenvalue weighted by Gasteiger charge is -2.31. The van der Waals surface area contributed by atoms with Gasteiger partial charge in [-0.15, -0.1) is 0 Å². The largest absolute Gasteiger partial charge is 0.468 e. The summed E-state index contributed by atoms with van der Waals surface area (Å²) in [5, 5.41) is 3.13. The lowest BCUT2D eigenvalue weighted by Crippen LogP contribution is -2.36. The average Bonchev–Trinajstić information content (AvgIpc) is 2.78. The smallest absolute Gasteiger partial charge is 0.118 e. The van der Waals surface area contributed by atoms with E-state index in [1.807, 2.05) is 13.3 Å². The highest BCUT2D eigenvalue weighted by Crippen LogP contribution is 2.19. The number of piperidine rings is 1. The first-order chi connectivity index (χ1) is 8.81. The highest BCUT2D eigenvalue weighted by molar-refractivity contribution is 5.12. The van der Waals surface area contributed by atoms with E-state index in [0.29, 0.717) is 5.92 Å². The van der Waals surface area contributed by atoms with Gasteiger partial charge in [-0.3, -0.25) is 4.90 Å². The Morgan fingerprint density at radius 1 is 1.56 bits per heavy atom. The van der Waals surface area contributed by atoms with Gasteiger partial charge in [-0.25, -0.2) is 0 Å². The highest BCUT2D eigenvalue weighted by Gasteiger charge is 2.20. The van der Waals surface area contributed by atoms with Crippen molar-refractivity contribution in [2.45, 2.75) is 25.9 Å². The molecule has 1 aliphatic heterocycles. The molecule has 2 rings (SSSR count). The molecule has 1 atom stereocenters. The molecule has 0 aromatic carbocycles. The van der Waals surface area contributed by atoms with Crippen LogP contribution in [0.15, 0.2) is 16.7 Å². The maximum Gasteiger partial charge on any atom is 0.118 e. The van der Waals surface area contributed by atoms with E-state index in [1.165, 1.54) is 24.9 Å². The van der Waals surface area contributed by atoms with Crippen molar-refractivity contribution < 1.29 is 9.15 Å². The Balaban J connectivity index is 1.84. The summed E-state index contributed by atoms with van der Waals surface area (Å²) >= 11 is 0. The summed E-state index contributed by atoms with van der Waals surface area (Å²) < 4.78 is 10.9. The van der Waals surface area contributed by atoms with Crippen molar-refractivity contribution >= 4 is 0 Å². The molecule has 0 bridgehead atoms. The van der Waals surface area contributed by atoms with Crippen molar-refractivity contribution in [3.8, 4) is 0 Å². The van der Waals surface area contributed by atoms with E-state index in [4.69, 9.17) is 9.15 Å². The lowest BCUT2D eigenvalue weighted by molar-refractivity contribution is 0.0840. The Bertz CT molecular complexity index is 349. The highest BCUT2D eigenvalue weighted by atomic mass is 16.5. The Morgan fingerprint density at radius 2 is 2.44 bits per heavy atom. The third-order valence-corrected chi connectivity index (χ3v) is 3.47. The summed E-state index contributed by atoms with van der Waals surface area (Å²) in [4.78, 5) is 2.47. The second kappa shape index (κ2) is 6.92. The molecule has 1 unspecified atom stereocenters. The Labute approximate surface area is 109 Å². The Hall–Kier alpha value is -0.840. The van der Waals surface area contributed by atoms with Crippen LogP contribution in [0.4, 0.5) is 0 Å². The topological polar surface area (TPSA) is 37.6 Å². The SMILES string of the molecule is CNCc1coc(CN2CCCC(COC)C2)c1. The van der Waals surface area contributed by atoms with Crippen molar-refractivity contribution in [2.24, 2.45) is 5.92 Å². The number of nitrogens with zero attached hydrogens (tertiary/aromatic N) is 1. The van der Waals surface area contributed by atoms with Gasteiger partial charge < -0.3 is 14.5 Å². The van der Waals surface area contributed by atoms with Crippen molar-refractivity contribution in [3.05, 3.63) is 23.7 Å². The van der Waals surface area contributed by atoms with Crippen LogP contribution in [0.5, 0.6) is 0 Å². The molecule has 0 amide bonds. The zero-order chi connectivity index (χ0) is 12.8. The number of nitrogens with one attached hydrogen (secondary N) is 1. The second-order valence-electron chi connectivity index (χ2n) is 5.15. The number of ether oxygens (including phenoxy) is 1. The summed E-state index contributed by atoms with van der Waals surface area (Å²) in [6.07, 6.45) is 4.40. The van der Waals surface area contributed by atoms with Crippen LogP contribution in [0.2, 0.25) is 0 Å². The molecular formula is C14H24N2O2. The van der Waals surface area contributed by atoms with Crippen molar-refractivity contribution in [1.82, 2.24) is 10.2 Å². The van der Waals surface area contributed by atoms with Gasteiger partial charge in [-0.1, -0.05) is 0 Å². The normalized spacial score (nSPS) is 21.3. The quantitative estimate of drug-likeness (QED) is 0.838. The number of hydrogen-bond acceptors (Lipinski definition) is 4. The zero-order valence-corrected chi connectivity index (χ0v) is 11.4. The molecule has 1 saturated heterocycles. The van der Waals surface area contributed by atoms with Gasteiger partial charge in [0, 0.05) is 25.8 Å². The predicted octanol–water partition coefficient (Wildman–Crippen LogP) is 1.86. The molecule has 0 saturated carbocycles. The molecule has 4 nitrogen and oxygen atoms in total. The van der Waals surface area contributed by atoms with E-state index in [-0.39, 0.29) is 0 Å². The van der Waals surface area contributed by atoms with Crippen LogP contribution >= 0.6 is 0 Å². The van der Waals surface area contributed by atoms with Gasteiger partial charge in [0.05, 0.1) is 19.4 Å². The third-order valence-electron chi connectivity index (χ3n) is 3.47. The second-order valence-corrected chi connectivity index (χ2v) is 5.15. The first kappa shape index (κ1) is 13.6. The van der Waals surface area contributed by atoms with Gasteiger partial charge >= 0.3 is 0 Å². The summed E-state index contributed by atoms with van der Waals surface area (Å²) in [6.45, 7) is 4.96. The van der Waals surface area contributed by atoms with Crippen LogP contribution in [-0.4, -0.2) is 38.8 Å². The van der Waals surface area contributed by atoms with E-state index < -0.39 is 0 Å². The minimum atomic E-state index is 0.676. The molecule has 0 radical (unpaired) electrons. The van der Waals surface area contributed by atoms with Gasteiger partial charge in [0.15, 0.2) is 0 Å². The van der Waals surface area contributed by atoms with Crippen LogP contribution in [0.1, 0.15) is 24.2 Å². The lowest BCUT2D eigenvalue weighted by atomic mass is 9.99. The number of hydrogen-bond donors (Lipinski definition) is 1. The average molecular weight is 252 g/mol. The first-order valence-electron chi connectivity index (χ1n) is 6.74. The van der Waals surface area contributed by atoms with E-state index in [1.54, 1.807) is 7.11 Å². The fourth-order valence-electron chi connectivity index (χ4n) is 2.69. The molecule has 1 fully saturated rings. The molecule has 2 heterocycles. The monoisotopic (exact) mass is 252 g/mol. The fourth-order valence-corrected chi connectivity index (χ4v) is 2.69. The fraction of sp³-hybridized carbons (Fsp3) is 0.714. The van der Waals surface area contributed by atoms with E-state index in [9.17, 15) is 0 Å². The standard InChI is InChI=1S/C14H24N2O2/c1-15-7-13-6-14(18-11-13)9-16-5-3-4-12(8-16)10-17-2/h6,11-12,15H,3-5,7-10H2,1-2H3. The molecule has 4 heteroatoms.